The summed E-state index contributed by atoms with van der Waals surface area (Å²) in [6, 6.07) is -0.889. The van der Waals surface area contributed by atoms with Crippen LogP contribution in [0.15, 0.2) is 36.5 Å². The molecular weight excluding hydrogens is 599 g/mol. The van der Waals surface area contributed by atoms with Crippen LogP contribution in [0.4, 0.5) is 0 Å². The molecule has 0 fully saturated rings. The van der Waals surface area contributed by atoms with E-state index in [-0.39, 0.29) is 19.1 Å². The van der Waals surface area contributed by atoms with Crippen molar-refractivity contribution in [1.29, 1.82) is 0 Å². The number of amides is 1. The molecule has 1 amide bonds. The minimum Gasteiger partial charge on any atom is -0.756 e. The molecule has 0 radical (unpaired) electrons. The Labute approximate surface area is 283 Å². The number of rotatable bonds is 32. The summed E-state index contributed by atoms with van der Waals surface area (Å²) >= 11 is 0. The van der Waals surface area contributed by atoms with Gasteiger partial charge in [0.25, 0.3) is 7.82 Å². The van der Waals surface area contributed by atoms with Crippen molar-refractivity contribution in [2.75, 3.05) is 40.9 Å². The van der Waals surface area contributed by atoms with Gasteiger partial charge in [-0.2, -0.15) is 0 Å². The zero-order valence-corrected chi connectivity index (χ0v) is 31.2. The maximum atomic E-state index is 12.7. The van der Waals surface area contributed by atoms with Gasteiger partial charge in [0.15, 0.2) is 0 Å². The quantitative estimate of drug-likeness (QED) is 0.0321. The Hall–Kier alpha value is -1.28. The molecular formula is C37H71N2O6P. The molecule has 46 heavy (non-hydrogen) atoms. The predicted molar refractivity (Wildman–Crippen MR) is 191 cm³/mol. The van der Waals surface area contributed by atoms with E-state index in [1.807, 2.05) is 27.2 Å². The standard InChI is InChI=1S/C37H71N2O6P/c1-6-8-10-12-14-16-18-19-20-21-23-25-27-29-31-37(41)38-35(34-45-46(42,43)44-33-32-39(3,4)5)36(40)30-28-26-24-22-17-15-13-11-9-7-2/h12,14,18-19,28,30,35-36,40H,6-11,13,15-17,20-27,29,31-34H2,1-5H3,(H-,38,41,42,43)/b14-12-,19-18-,30-28+. The third-order valence-electron chi connectivity index (χ3n) is 7.84. The third kappa shape index (κ3) is 31.3. The lowest BCUT2D eigenvalue weighted by molar-refractivity contribution is -0.870. The first kappa shape index (κ1) is 44.7. The van der Waals surface area contributed by atoms with Crippen LogP contribution in [0.25, 0.3) is 0 Å². The monoisotopic (exact) mass is 671 g/mol. The minimum atomic E-state index is -4.58. The Morgan fingerprint density at radius 2 is 1.28 bits per heavy atom. The number of aliphatic hydroxyl groups excluding tert-OH is 1. The Kier molecular flexibility index (Phi) is 29.0. The van der Waals surface area contributed by atoms with Gasteiger partial charge in [0, 0.05) is 6.42 Å². The Bertz CT molecular complexity index is 855. The number of nitrogens with zero attached hydrogens (tertiary/aromatic N) is 1. The van der Waals surface area contributed by atoms with Crippen molar-refractivity contribution in [2.24, 2.45) is 0 Å². The van der Waals surface area contributed by atoms with Gasteiger partial charge >= 0.3 is 0 Å². The molecule has 0 saturated heterocycles. The van der Waals surface area contributed by atoms with Gasteiger partial charge in [-0.15, -0.1) is 0 Å². The average molecular weight is 671 g/mol. The maximum Gasteiger partial charge on any atom is 0.268 e. The molecule has 0 aromatic carbocycles. The van der Waals surface area contributed by atoms with Crippen molar-refractivity contribution in [3.05, 3.63) is 36.5 Å². The van der Waals surface area contributed by atoms with Crippen molar-refractivity contribution in [3.63, 3.8) is 0 Å². The molecule has 0 aliphatic heterocycles. The molecule has 0 spiro atoms. The molecule has 0 heterocycles. The average Bonchev–Trinajstić information content (AvgIpc) is 2.99. The van der Waals surface area contributed by atoms with Gasteiger partial charge in [0.1, 0.15) is 13.2 Å². The van der Waals surface area contributed by atoms with E-state index in [1.54, 1.807) is 6.08 Å². The lowest BCUT2D eigenvalue weighted by Gasteiger charge is -2.29. The van der Waals surface area contributed by atoms with Gasteiger partial charge in [-0.25, -0.2) is 0 Å². The van der Waals surface area contributed by atoms with E-state index in [9.17, 15) is 19.4 Å². The molecule has 3 atom stereocenters. The maximum absolute atomic E-state index is 12.7. The normalized spacial score (nSPS) is 15.2. The highest BCUT2D eigenvalue weighted by atomic mass is 31.2. The molecule has 3 unspecified atom stereocenters. The van der Waals surface area contributed by atoms with Crippen molar-refractivity contribution in [1.82, 2.24) is 5.32 Å². The summed E-state index contributed by atoms with van der Waals surface area (Å²) in [5.74, 6) is -0.217. The lowest BCUT2D eigenvalue weighted by Crippen LogP contribution is -2.45. The second kappa shape index (κ2) is 29.8. The summed E-state index contributed by atoms with van der Waals surface area (Å²) in [6.07, 6.45) is 33.2. The van der Waals surface area contributed by atoms with Crippen molar-refractivity contribution < 1.29 is 32.9 Å². The number of hydrogen-bond acceptors (Lipinski definition) is 6. The number of quaternary nitrogens is 1. The van der Waals surface area contributed by atoms with Crippen molar-refractivity contribution in [2.45, 2.75) is 154 Å². The number of phosphoric ester groups is 1. The first-order valence-electron chi connectivity index (χ1n) is 18.4. The van der Waals surface area contributed by atoms with Crippen LogP contribution in [0.3, 0.4) is 0 Å². The summed E-state index contributed by atoms with van der Waals surface area (Å²) in [4.78, 5) is 25.1. The summed E-state index contributed by atoms with van der Waals surface area (Å²) in [5, 5.41) is 13.6. The summed E-state index contributed by atoms with van der Waals surface area (Å²) in [7, 11) is 1.24. The molecule has 0 bridgehead atoms. The van der Waals surface area contributed by atoms with E-state index < -0.39 is 20.0 Å². The van der Waals surface area contributed by atoms with E-state index in [2.05, 4.69) is 43.5 Å². The number of aliphatic hydroxyl groups is 1. The Balaban J connectivity index is 4.58. The van der Waals surface area contributed by atoms with Gasteiger partial charge in [-0.1, -0.05) is 127 Å². The van der Waals surface area contributed by atoms with Crippen LogP contribution >= 0.6 is 7.82 Å². The van der Waals surface area contributed by atoms with Crippen molar-refractivity contribution >= 4 is 13.7 Å². The fourth-order valence-corrected chi connectivity index (χ4v) is 5.54. The number of carbonyl (C=O) groups excluding carboxylic acids is 1. The number of unbranched alkanes of at least 4 members (excludes halogenated alkanes) is 15. The third-order valence-corrected chi connectivity index (χ3v) is 8.81. The predicted octanol–water partition coefficient (Wildman–Crippen LogP) is 8.55. The molecule has 0 aromatic rings. The van der Waals surface area contributed by atoms with Crippen molar-refractivity contribution in [3.8, 4) is 0 Å². The summed E-state index contributed by atoms with van der Waals surface area (Å²) in [6.45, 7) is 4.54. The van der Waals surface area contributed by atoms with Crippen LogP contribution in [-0.2, 0) is 18.4 Å². The van der Waals surface area contributed by atoms with Crippen LogP contribution in [0, 0.1) is 0 Å². The molecule has 0 aliphatic carbocycles. The smallest absolute Gasteiger partial charge is 0.268 e. The number of hydrogen-bond donors (Lipinski definition) is 2. The molecule has 2 N–H and O–H groups in total. The highest BCUT2D eigenvalue weighted by Crippen LogP contribution is 2.38. The first-order chi connectivity index (χ1) is 22.0. The fourth-order valence-electron chi connectivity index (χ4n) is 4.81. The number of likely N-dealkylation sites (N-methyl/N-ethyl adjacent to an activating group) is 1. The highest BCUT2D eigenvalue weighted by molar-refractivity contribution is 7.45. The Morgan fingerprint density at radius 3 is 1.87 bits per heavy atom. The number of phosphoric acid groups is 1. The van der Waals surface area contributed by atoms with Gasteiger partial charge in [-0.05, 0) is 44.9 Å². The second-order valence-corrected chi connectivity index (χ2v) is 15.0. The summed E-state index contributed by atoms with van der Waals surface area (Å²) in [5.41, 5.74) is 0. The summed E-state index contributed by atoms with van der Waals surface area (Å²) < 4.78 is 23.0. The van der Waals surface area contributed by atoms with Crippen LogP contribution in [-0.4, -0.2) is 68.5 Å². The zero-order chi connectivity index (χ0) is 34.4. The topological polar surface area (TPSA) is 108 Å². The van der Waals surface area contributed by atoms with E-state index in [4.69, 9.17) is 9.05 Å². The van der Waals surface area contributed by atoms with E-state index >= 15 is 0 Å². The molecule has 0 saturated carbocycles. The number of allylic oxidation sites excluding steroid dienone is 5. The molecule has 9 heteroatoms. The van der Waals surface area contributed by atoms with Gasteiger partial charge < -0.3 is 28.8 Å². The number of nitrogens with one attached hydrogen (secondary N) is 1. The first-order valence-corrected chi connectivity index (χ1v) is 19.8. The van der Waals surface area contributed by atoms with Crippen LogP contribution in [0.2, 0.25) is 0 Å². The van der Waals surface area contributed by atoms with Crippen LogP contribution in [0.1, 0.15) is 142 Å². The highest BCUT2D eigenvalue weighted by Gasteiger charge is 2.23. The molecule has 0 aliphatic rings. The Morgan fingerprint density at radius 1 is 0.761 bits per heavy atom. The van der Waals surface area contributed by atoms with Gasteiger partial charge in [0.2, 0.25) is 5.91 Å². The number of carbonyl (C=O) groups is 1. The molecule has 8 nitrogen and oxygen atoms in total. The van der Waals surface area contributed by atoms with E-state index in [1.165, 1.54) is 57.8 Å². The zero-order valence-electron chi connectivity index (χ0n) is 30.3. The van der Waals surface area contributed by atoms with Gasteiger partial charge in [-0.3, -0.25) is 9.36 Å². The largest absolute Gasteiger partial charge is 0.756 e. The van der Waals surface area contributed by atoms with Crippen LogP contribution < -0.4 is 10.2 Å². The molecule has 0 aromatic heterocycles. The van der Waals surface area contributed by atoms with Gasteiger partial charge in [0.05, 0.1) is 39.9 Å². The lowest BCUT2D eigenvalue weighted by atomic mass is 10.1. The minimum absolute atomic E-state index is 0.00484. The molecule has 0 rings (SSSR count). The molecule has 270 valence electrons. The van der Waals surface area contributed by atoms with E-state index in [0.29, 0.717) is 17.4 Å². The fraction of sp³-hybridized carbons (Fsp3) is 0.811. The van der Waals surface area contributed by atoms with E-state index in [0.717, 1.165) is 64.2 Å². The van der Waals surface area contributed by atoms with Crippen LogP contribution in [0.5, 0.6) is 0 Å². The second-order valence-electron chi connectivity index (χ2n) is 13.6. The SMILES string of the molecule is CCCC/C=C\C/C=C\CCCCCCCC(=O)NC(COP(=O)([O-])OCC[N+](C)(C)C)C(O)/C=C/CCCCCCCCCC.